The summed E-state index contributed by atoms with van der Waals surface area (Å²) in [6, 6.07) is 12.2. The molecule has 0 bridgehead atoms. The molecule has 1 aliphatic rings. The first-order valence-corrected chi connectivity index (χ1v) is 8.86. The van der Waals surface area contributed by atoms with Gasteiger partial charge in [-0.1, -0.05) is 63.4 Å². The molecule has 2 unspecified atom stereocenters. The summed E-state index contributed by atoms with van der Waals surface area (Å²) >= 11 is 0. The van der Waals surface area contributed by atoms with Gasteiger partial charge in [0.05, 0.1) is 0 Å². The Bertz CT molecular complexity index is 376. The second-order valence-electron chi connectivity index (χ2n) is 6.36. The fourth-order valence-electron chi connectivity index (χ4n) is 3.39. The lowest BCUT2D eigenvalue weighted by Crippen LogP contribution is -2.46. The van der Waals surface area contributed by atoms with Crippen LogP contribution in [0.4, 0.5) is 0 Å². The summed E-state index contributed by atoms with van der Waals surface area (Å²) in [4.78, 5) is 2.58. The monoisotopic (exact) mass is 288 g/mol. The van der Waals surface area contributed by atoms with Crippen molar-refractivity contribution < 1.29 is 0 Å². The molecule has 1 heterocycles. The van der Waals surface area contributed by atoms with Crippen molar-refractivity contribution in [1.82, 2.24) is 10.2 Å². The molecule has 0 spiro atoms. The van der Waals surface area contributed by atoms with Crippen LogP contribution in [-0.4, -0.2) is 30.6 Å². The predicted octanol–water partition coefficient (Wildman–Crippen LogP) is 4.38. The van der Waals surface area contributed by atoms with E-state index in [4.69, 9.17) is 0 Å². The van der Waals surface area contributed by atoms with E-state index in [1.807, 2.05) is 0 Å². The molecule has 0 aliphatic carbocycles. The first kappa shape index (κ1) is 16.5. The summed E-state index contributed by atoms with van der Waals surface area (Å²) in [5, 5.41) is 3.95. The number of likely N-dealkylation sites (tertiary alicyclic amines) is 1. The maximum atomic E-state index is 3.95. The van der Waals surface area contributed by atoms with Gasteiger partial charge in [-0.25, -0.2) is 0 Å². The Morgan fingerprint density at radius 3 is 2.71 bits per heavy atom. The average Bonchev–Trinajstić information content (AvgIpc) is 2.55. The van der Waals surface area contributed by atoms with Gasteiger partial charge in [-0.05, 0) is 37.9 Å². The Kier molecular flexibility index (Phi) is 7.25. The number of hydrogen-bond donors (Lipinski definition) is 1. The maximum Gasteiger partial charge on any atom is 0.0323 e. The molecule has 2 heteroatoms. The molecule has 1 aromatic rings. The van der Waals surface area contributed by atoms with Crippen LogP contribution in [0.3, 0.4) is 0 Å². The molecule has 2 atom stereocenters. The molecule has 1 saturated heterocycles. The Morgan fingerprint density at radius 2 is 2.00 bits per heavy atom. The van der Waals surface area contributed by atoms with Crippen molar-refractivity contribution in [3.05, 3.63) is 35.9 Å². The molecule has 21 heavy (non-hydrogen) atoms. The highest BCUT2D eigenvalue weighted by atomic mass is 15.2. The van der Waals surface area contributed by atoms with Crippen molar-refractivity contribution in [3.63, 3.8) is 0 Å². The lowest BCUT2D eigenvalue weighted by molar-refractivity contribution is 0.188. The Hall–Kier alpha value is -0.860. The van der Waals surface area contributed by atoms with E-state index in [1.54, 1.807) is 0 Å². The minimum atomic E-state index is 0.527. The van der Waals surface area contributed by atoms with Gasteiger partial charge in [-0.3, -0.25) is 0 Å². The number of benzene rings is 1. The maximum absolute atomic E-state index is 3.95. The van der Waals surface area contributed by atoms with Crippen molar-refractivity contribution in [2.45, 2.75) is 64.5 Å². The Morgan fingerprint density at radius 1 is 1.19 bits per heavy atom. The first-order valence-electron chi connectivity index (χ1n) is 8.86. The van der Waals surface area contributed by atoms with Crippen molar-refractivity contribution in [1.29, 1.82) is 0 Å². The van der Waals surface area contributed by atoms with E-state index in [0.29, 0.717) is 12.1 Å². The Balaban J connectivity index is 1.94. The molecule has 0 aromatic heterocycles. The largest absolute Gasteiger partial charge is 0.306 e. The number of nitrogens with one attached hydrogen (secondary N) is 1. The van der Waals surface area contributed by atoms with Gasteiger partial charge in [0, 0.05) is 18.6 Å². The highest BCUT2D eigenvalue weighted by molar-refractivity contribution is 5.19. The molecule has 1 N–H and O–H groups in total. The second kappa shape index (κ2) is 9.22. The lowest BCUT2D eigenvalue weighted by Gasteiger charge is -2.35. The summed E-state index contributed by atoms with van der Waals surface area (Å²) in [6.07, 6.45) is 7.90. The standard InChI is InChI=1S/C19H32N2/c1-3-5-7-14-19(17-11-8-6-9-12-17)20-18-13-10-15-21(4-2)16-18/h6,8-9,11-12,18-20H,3-5,7,10,13-16H2,1-2H3. The van der Waals surface area contributed by atoms with Gasteiger partial charge in [0.1, 0.15) is 0 Å². The number of piperidine rings is 1. The molecule has 2 rings (SSSR count). The van der Waals surface area contributed by atoms with Gasteiger partial charge in [0.2, 0.25) is 0 Å². The van der Waals surface area contributed by atoms with Crippen LogP contribution in [0.5, 0.6) is 0 Å². The number of rotatable bonds is 8. The van der Waals surface area contributed by atoms with E-state index >= 15 is 0 Å². The second-order valence-corrected chi connectivity index (χ2v) is 6.36. The van der Waals surface area contributed by atoms with E-state index in [0.717, 1.165) is 0 Å². The molecule has 1 aromatic carbocycles. The van der Waals surface area contributed by atoms with Crippen LogP contribution >= 0.6 is 0 Å². The molecule has 1 fully saturated rings. The lowest BCUT2D eigenvalue weighted by atomic mass is 9.97. The predicted molar refractivity (Wildman–Crippen MR) is 91.6 cm³/mol. The number of hydrogen-bond acceptors (Lipinski definition) is 2. The van der Waals surface area contributed by atoms with E-state index < -0.39 is 0 Å². The van der Waals surface area contributed by atoms with Crippen LogP contribution in [0.15, 0.2) is 30.3 Å². The van der Waals surface area contributed by atoms with E-state index in [2.05, 4.69) is 54.4 Å². The van der Waals surface area contributed by atoms with Crippen LogP contribution in [0.1, 0.15) is 64.0 Å². The fourth-order valence-corrected chi connectivity index (χ4v) is 3.39. The van der Waals surface area contributed by atoms with Gasteiger partial charge < -0.3 is 10.2 Å². The molecule has 118 valence electrons. The van der Waals surface area contributed by atoms with E-state index in [-0.39, 0.29) is 0 Å². The van der Waals surface area contributed by atoms with Crippen molar-refractivity contribution >= 4 is 0 Å². The molecule has 0 saturated carbocycles. The normalized spacial score (nSPS) is 21.3. The minimum Gasteiger partial charge on any atom is -0.306 e. The fraction of sp³-hybridized carbons (Fsp3) is 0.684. The molecule has 0 amide bonds. The average molecular weight is 288 g/mol. The van der Waals surface area contributed by atoms with Gasteiger partial charge in [-0.2, -0.15) is 0 Å². The zero-order valence-corrected chi connectivity index (χ0v) is 13.9. The van der Waals surface area contributed by atoms with Crippen LogP contribution in [0.25, 0.3) is 0 Å². The van der Waals surface area contributed by atoms with Crippen molar-refractivity contribution in [2.24, 2.45) is 0 Å². The van der Waals surface area contributed by atoms with Crippen LogP contribution < -0.4 is 5.32 Å². The third-order valence-corrected chi connectivity index (χ3v) is 4.69. The minimum absolute atomic E-state index is 0.527. The summed E-state index contributed by atoms with van der Waals surface area (Å²) in [7, 11) is 0. The Labute approximate surface area is 130 Å². The molecular weight excluding hydrogens is 256 g/mol. The van der Waals surface area contributed by atoms with Gasteiger partial charge >= 0.3 is 0 Å². The quantitative estimate of drug-likeness (QED) is 0.714. The third kappa shape index (κ3) is 5.44. The summed E-state index contributed by atoms with van der Waals surface area (Å²) in [5.41, 5.74) is 1.46. The summed E-state index contributed by atoms with van der Waals surface area (Å²) in [6.45, 7) is 8.24. The molecule has 1 aliphatic heterocycles. The number of nitrogens with zero attached hydrogens (tertiary/aromatic N) is 1. The molecule has 0 radical (unpaired) electrons. The molecule has 2 nitrogen and oxygen atoms in total. The van der Waals surface area contributed by atoms with Crippen LogP contribution in [-0.2, 0) is 0 Å². The van der Waals surface area contributed by atoms with Crippen molar-refractivity contribution in [3.8, 4) is 0 Å². The highest BCUT2D eigenvalue weighted by Gasteiger charge is 2.22. The molecular formula is C19H32N2. The number of unbranched alkanes of at least 4 members (excludes halogenated alkanes) is 2. The topological polar surface area (TPSA) is 15.3 Å². The number of likely N-dealkylation sites (N-methyl/N-ethyl adjacent to an activating group) is 1. The zero-order valence-electron chi connectivity index (χ0n) is 13.9. The van der Waals surface area contributed by atoms with E-state index in [9.17, 15) is 0 Å². The van der Waals surface area contributed by atoms with Crippen LogP contribution in [0.2, 0.25) is 0 Å². The zero-order chi connectivity index (χ0) is 14.9. The van der Waals surface area contributed by atoms with Gasteiger partial charge in [0.15, 0.2) is 0 Å². The SMILES string of the molecule is CCCCCC(NC1CCCN(CC)C1)c1ccccc1. The highest BCUT2D eigenvalue weighted by Crippen LogP contribution is 2.22. The van der Waals surface area contributed by atoms with Gasteiger partial charge in [0.25, 0.3) is 0 Å². The first-order chi connectivity index (χ1) is 10.3. The van der Waals surface area contributed by atoms with Gasteiger partial charge in [-0.15, -0.1) is 0 Å². The summed E-state index contributed by atoms with van der Waals surface area (Å²) in [5.74, 6) is 0. The van der Waals surface area contributed by atoms with Crippen LogP contribution in [0, 0.1) is 0 Å². The summed E-state index contributed by atoms with van der Waals surface area (Å²) < 4.78 is 0. The third-order valence-electron chi connectivity index (χ3n) is 4.69. The van der Waals surface area contributed by atoms with E-state index in [1.165, 1.54) is 63.7 Å². The smallest absolute Gasteiger partial charge is 0.0323 e. The van der Waals surface area contributed by atoms with Crippen molar-refractivity contribution in [2.75, 3.05) is 19.6 Å².